The fourth-order valence-corrected chi connectivity index (χ4v) is 1.22. The normalized spacial score (nSPS) is 14.0. The van der Waals surface area contributed by atoms with Crippen LogP contribution in [0, 0.1) is 5.82 Å². The van der Waals surface area contributed by atoms with Crippen LogP contribution < -0.4 is 0 Å². The molecule has 0 amide bonds. The van der Waals surface area contributed by atoms with Gasteiger partial charge in [0.2, 0.25) is 0 Å². The second-order valence-corrected chi connectivity index (χ2v) is 3.38. The Balaban J connectivity index is 2.86. The van der Waals surface area contributed by atoms with Crippen LogP contribution in [-0.2, 0) is 6.42 Å². The van der Waals surface area contributed by atoms with Gasteiger partial charge in [0.25, 0.3) is 0 Å². The lowest BCUT2D eigenvalue weighted by Gasteiger charge is -2.14. The van der Waals surface area contributed by atoms with Crippen LogP contribution in [0.25, 0.3) is 0 Å². The smallest absolute Gasteiger partial charge is 0.383 e. The summed E-state index contributed by atoms with van der Waals surface area (Å²) in [5.74, 6) is -0.928. The van der Waals surface area contributed by atoms with Crippen molar-refractivity contribution < 1.29 is 22.7 Å². The van der Waals surface area contributed by atoms with E-state index in [0.717, 1.165) is 6.07 Å². The third-order valence-corrected chi connectivity index (χ3v) is 2.11. The van der Waals surface area contributed by atoms with Gasteiger partial charge in [-0.2, -0.15) is 13.2 Å². The lowest BCUT2D eigenvalue weighted by Crippen LogP contribution is -2.30. The van der Waals surface area contributed by atoms with Crippen molar-refractivity contribution >= 4 is 11.6 Å². The van der Waals surface area contributed by atoms with Gasteiger partial charge in [-0.05, 0) is 11.6 Å². The van der Waals surface area contributed by atoms with Crippen molar-refractivity contribution in [2.45, 2.75) is 18.7 Å². The van der Waals surface area contributed by atoms with Crippen LogP contribution in [-0.4, -0.2) is 17.4 Å². The van der Waals surface area contributed by atoms with Crippen LogP contribution in [0.5, 0.6) is 0 Å². The van der Waals surface area contributed by atoms with Crippen molar-refractivity contribution in [2.24, 2.45) is 0 Å². The highest BCUT2D eigenvalue weighted by Crippen LogP contribution is 2.25. The molecular formula is C9H7ClF4O. The maximum Gasteiger partial charge on any atom is 0.414 e. The lowest BCUT2D eigenvalue weighted by molar-refractivity contribution is -0.203. The van der Waals surface area contributed by atoms with Gasteiger partial charge in [0.05, 0.1) is 5.02 Å². The summed E-state index contributed by atoms with van der Waals surface area (Å²) in [7, 11) is 0. The molecule has 1 aromatic carbocycles. The molecule has 0 saturated heterocycles. The van der Waals surface area contributed by atoms with Crippen LogP contribution in [0.1, 0.15) is 5.56 Å². The molecule has 0 fully saturated rings. The van der Waals surface area contributed by atoms with Gasteiger partial charge in [0.1, 0.15) is 5.82 Å². The number of aliphatic hydroxyl groups is 1. The van der Waals surface area contributed by atoms with Crippen molar-refractivity contribution in [2.75, 3.05) is 0 Å². The minimum Gasteiger partial charge on any atom is -0.383 e. The maximum absolute atomic E-state index is 13.1. The summed E-state index contributed by atoms with van der Waals surface area (Å²) in [6, 6.07) is 3.69. The Kier molecular flexibility index (Phi) is 3.57. The Bertz CT molecular complexity index is 350. The van der Waals surface area contributed by atoms with Crippen LogP contribution >= 0.6 is 11.6 Å². The predicted octanol–water partition coefficient (Wildman–Crippen LogP) is 2.94. The van der Waals surface area contributed by atoms with E-state index in [1.807, 2.05) is 0 Å². The number of alkyl halides is 3. The Labute approximate surface area is 88.3 Å². The Hall–Kier alpha value is -0.810. The molecule has 0 bridgehead atoms. The minimum atomic E-state index is -4.76. The molecule has 1 rings (SSSR count). The first kappa shape index (κ1) is 12.3. The highest BCUT2D eigenvalue weighted by atomic mass is 35.5. The molecular weight excluding hydrogens is 236 g/mol. The monoisotopic (exact) mass is 242 g/mol. The molecule has 1 nitrogen and oxygen atoms in total. The molecule has 0 spiro atoms. The van der Waals surface area contributed by atoms with Crippen molar-refractivity contribution in [3.05, 3.63) is 34.6 Å². The fourth-order valence-electron chi connectivity index (χ4n) is 1.03. The fraction of sp³-hybridized carbons (Fsp3) is 0.333. The average molecular weight is 243 g/mol. The number of hydrogen-bond donors (Lipinski definition) is 1. The molecule has 0 aliphatic heterocycles. The molecule has 0 unspecified atom stereocenters. The van der Waals surface area contributed by atoms with E-state index < -0.39 is 24.5 Å². The summed E-state index contributed by atoms with van der Waals surface area (Å²) in [5.41, 5.74) is -0.257. The van der Waals surface area contributed by atoms with Crippen molar-refractivity contribution in [3.8, 4) is 0 Å². The second kappa shape index (κ2) is 4.37. The molecule has 0 aliphatic carbocycles. The van der Waals surface area contributed by atoms with E-state index in [1.165, 1.54) is 12.1 Å². The van der Waals surface area contributed by atoms with Gasteiger partial charge in [0.15, 0.2) is 6.10 Å². The summed E-state index contributed by atoms with van der Waals surface area (Å²) in [6.07, 6.45) is -8.17. The van der Waals surface area contributed by atoms with E-state index >= 15 is 0 Å². The highest BCUT2D eigenvalue weighted by Gasteiger charge is 2.38. The first-order valence-corrected chi connectivity index (χ1v) is 4.38. The minimum absolute atomic E-state index is 0.257. The van der Waals surface area contributed by atoms with Crippen molar-refractivity contribution in [3.63, 3.8) is 0 Å². The first-order valence-electron chi connectivity index (χ1n) is 4.00. The van der Waals surface area contributed by atoms with Gasteiger partial charge in [-0.25, -0.2) is 4.39 Å². The number of hydrogen-bond acceptors (Lipinski definition) is 1. The summed E-state index contributed by atoms with van der Waals surface area (Å²) in [4.78, 5) is 0. The number of rotatable bonds is 2. The Morgan fingerprint density at radius 3 is 2.47 bits per heavy atom. The molecule has 0 saturated carbocycles. The quantitative estimate of drug-likeness (QED) is 0.791. The van der Waals surface area contributed by atoms with Crippen LogP contribution in [0.2, 0.25) is 5.02 Å². The Morgan fingerprint density at radius 2 is 1.93 bits per heavy atom. The van der Waals surface area contributed by atoms with Crippen LogP contribution in [0.4, 0.5) is 17.6 Å². The topological polar surface area (TPSA) is 20.2 Å². The van der Waals surface area contributed by atoms with Gasteiger partial charge in [-0.1, -0.05) is 23.7 Å². The second-order valence-electron chi connectivity index (χ2n) is 2.97. The van der Waals surface area contributed by atoms with E-state index in [-0.39, 0.29) is 10.6 Å². The molecule has 0 heterocycles. The SMILES string of the molecule is O[C@H](Cc1cccc(Cl)c1F)C(F)(F)F. The van der Waals surface area contributed by atoms with Gasteiger partial charge < -0.3 is 5.11 Å². The van der Waals surface area contributed by atoms with Crippen LogP contribution in [0.3, 0.4) is 0 Å². The third kappa shape index (κ3) is 3.07. The summed E-state index contributed by atoms with van der Waals surface area (Å²) in [6.45, 7) is 0. The zero-order valence-corrected chi connectivity index (χ0v) is 8.11. The molecule has 84 valence electrons. The largest absolute Gasteiger partial charge is 0.414 e. The first-order chi connectivity index (χ1) is 6.82. The zero-order valence-electron chi connectivity index (χ0n) is 7.35. The van der Waals surface area contributed by atoms with Gasteiger partial charge >= 0.3 is 6.18 Å². The molecule has 0 aromatic heterocycles. The molecule has 6 heteroatoms. The number of aliphatic hydroxyl groups excluding tert-OH is 1. The highest BCUT2D eigenvalue weighted by molar-refractivity contribution is 6.30. The van der Waals surface area contributed by atoms with Gasteiger partial charge in [-0.15, -0.1) is 0 Å². The zero-order chi connectivity index (χ0) is 11.6. The molecule has 1 atom stereocenters. The summed E-state index contributed by atoms with van der Waals surface area (Å²) in [5, 5.41) is 8.46. The average Bonchev–Trinajstić information content (AvgIpc) is 2.11. The predicted molar refractivity (Wildman–Crippen MR) is 47.2 cm³/mol. The molecule has 15 heavy (non-hydrogen) atoms. The summed E-state index contributed by atoms with van der Waals surface area (Å²) >= 11 is 5.37. The van der Waals surface area contributed by atoms with Gasteiger partial charge in [-0.3, -0.25) is 0 Å². The standard InChI is InChI=1S/C9H7ClF4O/c10-6-3-1-2-5(8(6)11)4-7(15)9(12,13)14/h1-3,7,15H,4H2/t7-/m1/s1. The van der Waals surface area contributed by atoms with Gasteiger partial charge in [0, 0.05) is 6.42 Å². The van der Waals surface area contributed by atoms with E-state index in [2.05, 4.69) is 0 Å². The maximum atomic E-state index is 13.1. The number of halogens is 5. The van der Waals surface area contributed by atoms with Crippen molar-refractivity contribution in [1.29, 1.82) is 0 Å². The molecule has 1 N–H and O–H groups in total. The van der Waals surface area contributed by atoms with E-state index in [0.29, 0.717) is 0 Å². The molecule has 0 aliphatic rings. The van der Waals surface area contributed by atoms with Crippen LogP contribution in [0.15, 0.2) is 18.2 Å². The third-order valence-electron chi connectivity index (χ3n) is 1.82. The number of benzene rings is 1. The van der Waals surface area contributed by atoms with E-state index in [4.69, 9.17) is 16.7 Å². The Morgan fingerprint density at radius 1 is 1.33 bits per heavy atom. The molecule has 0 radical (unpaired) electrons. The lowest BCUT2D eigenvalue weighted by atomic mass is 10.1. The van der Waals surface area contributed by atoms with Crippen molar-refractivity contribution in [1.82, 2.24) is 0 Å². The van der Waals surface area contributed by atoms with E-state index in [9.17, 15) is 17.6 Å². The van der Waals surface area contributed by atoms with E-state index in [1.54, 1.807) is 0 Å². The molecule has 1 aromatic rings. The summed E-state index contributed by atoms with van der Waals surface area (Å²) < 4.78 is 49.0.